The Morgan fingerprint density at radius 1 is 1.24 bits per heavy atom. The van der Waals surface area contributed by atoms with Gasteiger partial charge in [-0.15, -0.1) is 0 Å². The molecule has 1 unspecified atom stereocenters. The summed E-state index contributed by atoms with van der Waals surface area (Å²) in [5, 5.41) is 12.2. The molecule has 2 N–H and O–H groups in total. The molecule has 1 fully saturated rings. The largest absolute Gasteiger partial charge is 0.480 e. The number of amides is 2. The maximum Gasteiger partial charge on any atom is 0.321 e. The summed E-state index contributed by atoms with van der Waals surface area (Å²) < 4.78 is 0. The Hall–Kier alpha value is -1.79. The van der Waals surface area contributed by atoms with E-state index in [1.807, 2.05) is 4.90 Å². The number of piperazine rings is 1. The highest BCUT2D eigenvalue weighted by molar-refractivity contribution is 6.33. The second-order valence-electron chi connectivity index (χ2n) is 4.95. The molecule has 6 nitrogen and oxygen atoms in total. The van der Waals surface area contributed by atoms with Crippen LogP contribution in [0.15, 0.2) is 24.3 Å². The number of hydrogen-bond donors (Lipinski definition) is 2. The van der Waals surface area contributed by atoms with Crippen molar-refractivity contribution in [3.05, 3.63) is 29.3 Å². The van der Waals surface area contributed by atoms with Crippen molar-refractivity contribution in [1.29, 1.82) is 0 Å². The van der Waals surface area contributed by atoms with Gasteiger partial charge in [0, 0.05) is 26.2 Å². The van der Waals surface area contributed by atoms with Gasteiger partial charge in [-0.25, -0.2) is 4.79 Å². The van der Waals surface area contributed by atoms with Crippen LogP contribution >= 0.6 is 11.6 Å². The van der Waals surface area contributed by atoms with E-state index in [0.29, 0.717) is 36.9 Å². The first-order chi connectivity index (χ1) is 9.99. The van der Waals surface area contributed by atoms with E-state index in [4.69, 9.17) is 16.7 Å². The number of rotatable bonds is 3. The average Bonchev–Trinajstić information content (AvgIpc) is 2.49. The van der Waals surface area contributed by atoms with Gasteiger partial charge < -0.3 is 15.3 Å². The molecule has 1 aromatic carbocycles. The normalized spacial score (nSPS) is 17.3. The number of carboxylic acids is 1. The fourth-order valence-electron chi connectivity index (χ4n) is 2.23. The minimum Gasteiger partial charge on any atom is -0.480 e. The van der Waals surface area contributed by atoms with Crippen molar-refractivity contribution in [1.82, 2.24) is 9.80 Å². The predicted molar refractivity (Wildman–Crippen MR) is 80.7 cm³/mol. The lowest BCUT2D eigenvalue weighted by Crippen LogP contribution is -2.53. The van der Waals surface area contributed by atoms with E-state index in [1.165, 1.54) is 0 Å². The molecule has 1 aliphatic heterocycles. The second-order valence-corrected chi connectivity index (χ2v) is 5.35. The van der Waals surface area contributed by atoms with Gasteiger partial charge in [0.1, 0.15) is 6.04 Å². The Kier molecular flexibility index (Phi) is 5.03. The molecule has 21 heavy (non-hydrogen) atoms. The monoisotopic (exact) mass is 311 g/mol. The van der Waals surface area contributed by atoms with Gasteiger partial charge in [-0.1, -0.05) is 23.7 Å². The molecule has 0 saturated carbocycles. The zero-order chi connectivity index (χ0) is 15.4. The number of nitrogens with zero attached hydrogens (tertiary/aromatic N) is 2. The first-order valence-corrected chi connectivity index (χ1v) is 7.14. The SMILES string of the molecule is CC(C(=O)O)N1CCN(C(=O)Nc2ccccc2Cl)CC1. The number of aliphatic carboxylic acids is 1. The van der Waals surface area contributed by atoms with Crippen LogP contribution in [0.25, 0.3) is 0 Å². The molecule has 1 heterocycles. The van der Waals surface area contributed by atoms with Crippen LogP contribution in [0.2, 0.25) is 5.02 Å². The molecule has 2 amide bonds. The molecule has 1 atom stereocenters. The Bertz CT molecular complexity index is 530. The third kappa shape index (κ3) is 3.86. The quantitative estimate of drug-likeness (QED) is 0.895. The fraction of sp³-hybridized carbons (Fsp3) is 0.429. The van der Waals surface area contributed by atoms with Crippen molar-refractivity contribution < 1.29 is 14.7 Å². The van der Waals surface area contributed by atoms with Gasteiger partial charge >= 0.3 is 12.0 Å². The Labute approximate surface area is 128 Å². The minimum absolute atomic E-state index is 0.217. The number of hydrogen-bond acceptors (Lipinski definition) is 3. The summed E-state index contributed by atoms with van der Waals surface area (Å²) in [6.07, 6.45) is 0. The number of carboxylic acid groups (broad SMARTS) is 1. The lowest BCUT2D eigenvalue weighted by atomic mass is 10.2. The number of benzene rings is 1. The third-order valence-electron chi connectivity index (χ3n) is 3.62. The van der Waals surface area contributed by atoms with Crippen LogP contribution in [-0.4, -0.2) is 59.1 Å². The van der Waals surface area contributed by atoms with Crippen molar-refractivity contribution in [2.45, 2.75) is 13.0 Å². The Balaban J connectivity index is 1.89. The van der Waals surface area contributed by atoms with Crippen molar-refractivity contribution in [2.24, 2.45) is 0 Å². The topological polar surface area (TPSA) is 72.9 Å². The first kappa shape index (κ1) is 15.6. The van der Waals surface area contributed by atoms with Crippen LogP contribution < -0.4 is 5.32 Å². The molecule has 0 radical (unpaired) electrons. The van der Waals surface area contributed by atoms with Gasteiger partial charge in [0.2, 0.25) is 0 Å². The number of urea groups is 1. The summed E-state index contributed by atoms with van der Waals surface area (Å²) >= 11 is 6.00. The molecule has 2 rings (SSSR count). The first-order valence-electron chi connectivity index (χ1n) is 6.76. The molecule has 114 valence electrons. The zero-order valence-corrected chi connectivity index (χ0v) is 12.5. The van der Waals surface area contributed by atoms with Gasteiger partial charge in [0.05, 0.1) is 10.7 Å². The van der Waals surface area contributed by atoms with E-state index in [9.17, 15) is 9.59 Å². The Morgan fingerprint density at radius 3 is 2.43 bits per heavy atom. The van der Waals surface area contributed by atoms with Crippen molar-refractivity contribution >= 4 is 29.3 Å². The maximum absolute atomic E-state index is 12.2. The van der Waals surface area contributed by atoms with Crippen molar-refractivity contribution in [3.63, 3.8) is 0 Å². The standard InChI is InChI=1S/C14H18ClN3O3/c1-10(13(19)20)17-6-8-18(9-7-17)14(21)16-12-5-3-2-4-11(12)15/h2-5,10H,6-9H2,1H3,(H,16,21)(H,19,20). The van der Waals surface area contributed by atoms with Crippen LogP contribution in [0.4, 0.5) is 10.5 Å². The number of halogens is 1. The molecule has 7 heteroatoms. The fourth-order valence-corrected chi connectivity index (χ4v) is 2.41. The van der Waals surface area contributed by atoms with Crippen LogP contribution in [0, 0.1) is 0 Å². The predicted octanol–water partition coefficient (Wildman–Crippen LogP) is 1.96. The molecule has 1 saturated heterocycles. The number of anilines is 1. The average molecular weight is 312 g/mol. The van der Waals surface area contributed by atoms with Gasteiger partial charge in [0.15, 0.2) is 0 Å². The van der Waals surface area contributed by atoms with E-state index in [-0.39, 0.29) is 6.03 Å². The van der Waals surface area contributed by atoms with E-state index in [1.54, 1.807) is 36.1 Å². The van der Waals surface area contributed by atoms with Crippen LogP contribution in [0.3, 0.4) is 0 Å². The summed E-state index contributed by atoms with van der Waals surface area (Å²) in [6.45, 7) is 3.73. The lowest BCUT2D eigenvalue weighted by Gasteiger charge is -2.36. The highest BCUT2D eigenvalue weighted by Gasteiger charge is 2.27. The van der Waals surface area contributed by atoms with Gasteiger partial charge in [-0.3, -0.25) is 9.69 Å². The molecular formula is C14H18ClN3O3. The van der Waals surface area contributed by atoms with Crippen LogP contribution in [0.1, 0.15) is 6.92 Å². The van der Waals surface area contributed by atoms with E-state index in [0.717, 1.165) is 0 Å². The molecule has 0 aliphatic carbocycles. The van der Waals surface area contributed by atoms with Gasteiger partial charge in [-0.05, 0) is 19.1 Å². The minimum atomic E-state index is -0.844. The van der Waals surface area contributed by atoms with E-state index < -0.39 is 12.0 Å². The third-order valence-corrected chi connectivity index (χ3v) is 3.95. The van der Waals surface area contributed by atoms with Gasteiger partial charge in [0.25, 0.3) is 0 Å². The molecule has 0 spiro atoms. The molecule has 0 aromatic heterocycles. The van der Waals surface area contributed by atoms with Crippen LogP contribution in [-0.2, 0) is 4.79 Å². The molecule has 0 bridgehead atoms. The molecule has 1 aliphatic rings. The highest BCUT2D eigenvalue weighted by atomic mass is 35.5. The van der Waals surface area contributed by atoms with Gasteiger partial charge in [-0.2, -0.15) is 0 Å². The van der Waals surface area contributed by atoms with Crippen molar-refractivity contribution in [2.75, 3.05) is 31.5 Å². The summed E-state index contributed by atoms with van der Waals surface area (Å²) in [7, 11) is 0. The maximum atomic E-state index is 12.2. The Morgan fingerprint density at radius 2 is 1.86 bits per heavy atom. The molecular weight excluding hydrogens is 294 g/mol. The summed E-state index contributed by atoms with van der Waals surface area (Å²) in [5.41, 5.74) is 0.575. The smallest absolute Gasteiger partial charge is 0.321 e. The number of para-hydroxylation sites is 1. The van der Waals surface area contributed by atoms with E-state index >= 15 is 0 Å². The number of carbonyl (C=O) groups is 2. The lowest BCUT2D eigenvalue weighted by molar-refractivity contribution is -0.143. The summed E-state index contributed by atoms with van der Waals surface area (Å²) in [6, 6.07) is 6.30. The summed E-state index contributed by atoms with van der Waals surface area (Å²) in [5.74, 6) is -0.844. The number of nitrogens with one attached hydrogen (secondary N) is 1. The zero-order valence-electron chi connectivity index (χ0n) is 11.8. The number of carbonyl (C=O) groups excluding carboxylic acids is 1. The van der Waals surface area contributed by atoms with Crippen molar-refractivity contribution in [3.8, 4) is 0 Å². The summed E-state index contributed by atoms with van der Waals surface area (Å²) in [4.78, 5) is 26.6. The second kappa shape index (κ2) is 6.78. The highest BCUT2D eigenvalue weighted by Crippen LogP contribution is 2.21. The molecule has 1 aromatic rings. The van der Waals surface area contributed by atoms with Crippen LogP contribution in [0.5, 0.6) is 0 Å². The van der Waals surface area contributed by atoms with E-state index in [2.05, 4.69) is 5.32 Å².